The molecule has 0 atom stereocenters. The topological polar surface area (TPSA) is 74.7 Å². The van der Waals surface area contributed by atoms with Crippen molar-refractivity contribution in [3.8, 4) is 0 Å². The average Bonchev–Trinajstić information content (AvgIpc) is 2.86. The Morgan fingerprint density at radius 1 is 1.58 bits per heavy atom. The van der Waals surface area contributed by atoms with E-state index in [0.29, 0.717) is 23.9 Å². The molecule has 0 aromatic carbocycles. The number of furan rings is 1. The largest absolute Gasteiger partial charge is 0.467 e. The zero-order valence-electron chi connectivity index (χ0n) is 11.6. The molecule has 19 heavy (non-hydrogen) atoms. The molecule has 106 valence electrons. The molecule has 2 rings (SSSR count). The van der Waals surface area contributed by atoms with Crippen LogP contribution in [-0.4, -0.2) is 48.9 Å². The SMILES string of the molecule is CN1CCC(N(C)Cc2occc2C(=O)NN)CC1. The van der Waals surface area contributed by atoms with E-state index in [1.807, 2.05) is 0 Å². The summed E-state index contributed by atoms with van der Waals surface area (Å²) in [7, 11) is 4.22. The molecule has 0 radical (unpaired) electrons. The van der Waals surface area contributed by atoms with Crippen molar-refractivity contribution in [1.29, 1.82) is 0 Å². The maximum absolute atomic E-state index is 11.6. The maximum Gasteiger partial charge on any atom is 0.268 e. The van der Waals surface area contributed by atoms with Crippen LogP contribution in [0.1, 0.15) is 29.0 Å². The Kier molecular flexibility index (Phi) is 4.57. The second kappa shape index (κ2) is 6.18. The minimum atomic E-state index is -0.305. The number of nitrogens with zero attached hydrogens (tertiary/aromatic N) is 2. The molecule has 2 heterocycles. The van der Waals surface area contributed by atoms with Gasteiger partial charge in [-0.3, -0.25) is 15.1 Å². The van der Waals surface area contributed by atoms with Crippen LogP contribution in [0.15, 0.2) is 16.7 Å². The lowest BCUT2D eigenvalue weighted by atomic mass is 10.0. The number of amides is 1. The van der Waals surface area contributed by atoms with E-state index in [1.165, 1.54) is 6.26 Å². The fraction of sp³-hybridized carbons (Fsp3) is 0.615. The van der Waals surface area contributed by atoms with Crippen LogP contribution < -0.4 is 11.3 Å². The van der Waals surface area contributed by atoms with E-state index >= 15 is 0 Å². The highest BCUT2D eigenvalue weighted by Gasteiger charge is 2.23. The normalized spacial score (nSPS) is 17.9. The second-order valence-corrected chi connectivity index (χ2v) is 5.18. The van der Waals surface area contributed by atoms with Crippen LogP contribution >= 0.6 is 0 Å². The minimum Gasteiger partial charge on any atom is -0.467 e. The quantitative estimate of drug-likeness (QED) is 0.469. The van der Waals surface area contributed by atoms with Gasteiger partial charge in [0.05, 0.1) is 18.4 Å². The van der Waals surface area contributed by atoms with Crippen molar-refractivity contribution in [2.24, 2.45) is 5.84 Å². The van der Waals surface area contributed by atoms with Gasteiger partial charge in [0.2, 0.25) is 0 Å². The molecule has 0 spiro atoms. The Bertz CT molecular complexity index is 424. The number of piperidine rings is 1. The number of hydrogen-bond donors (Lipinski definition) is 2. The predicted molar refractivity (Wildman–Crippen MR) is 72.3 cm³/mol. The lowest BCUT2D eigenvalue weighted by Gasteiger charge is -2.34. The smallest absolute Gasteiger partial charge is 0.268 e. The van der Waals surface area contributed by atoms with Gasteiger partial charge in [0.15, 0.2) is 0 Å². The summed E-state index contributed by atoms with van der Waals surface area (Å²) in [6, 6.07) is 2.19. The van der Waals surface area contributed by atoms with E-state index in [-0.39, 0.29) is 5.91 Å². The molecule has 0 unspecified atom stereocenters. The number of hydrazine groups is 1. The van der Waals surface area contributed by atoms with Crippen LogP contribution in [0.25, 0.3) is 0 Å². The van der Waals surface area contributed by atoms with Crippen molar-refractivity contribution in [3.05, 3.63) is 23.7 Å². The lowest BCUT2D eigenvalue weighted by molar-refractivity contribution is 0.0946. The van der Waals surface area contributed by atoms with Crippen molar-refractivity contribution < 1.29 is 9.21 Å². The van der Waals surface area contributed by atoms with Gasteiger partial charge in [-0.25, -0.2) is 5.84 Å². The standard InChI is InChI=1S/C13H22N4O2/c1-16-6-3-10(4-7-16)17(2)9-12-11(5-8-19-12)13(18)15-14/h5,8,10H,3-4,6-7,9,14H2,1-2H3,(H,15,18). The van der Waals surface area contributed by atoms with Crippen LogP contribution in [0.5, 0.6) is 0 Å². The number of nitrogen functional groups attached to an aromatic ring is 1. The number of nitrogens with one attached hydrogen (secondary N) is 1. The molecule has 1 fully saturated rings. The molecule has 1 amide bonds. The molecule has 1 saturated heterocycles. The highest BCUT2D eigenvalue weighted by Crippen LogP contribution is 2.19. The first kappa shape index (κ1) is 14.0. The highest BCUT2D eigenvalue weighted by molar-refractivity contribution is 5.94. The summed E-state index contributed by atoms with van der Waals surface area (Å²) in [5.74, 6) is 5.53. The molecule has 0 bridgehead atoms. The van der Waals surface area contributed by atoms with Gasteiger partial charge in [-0.1, -0.05) is 0 Å². The molecular weight excluding hydrogens is 244 g/mol. The van der Waals surface area contributed by atoms with E-state index in [2.05, 4.69) is 29.3 Å². The molecule has 6 nitrogen and oxygen atoms in total. The first-order valence-electron chi connectivity index (χ1n) is 6.58. The zero-order valence-corrected chi connectivity index (χ0v) is 11.6. The van der Waals surface area contributed by atoms with Crippen LogP contribution in [-0.2, 0) is 6.54 Å². The summed E-state index contributed by atoms with van der Waals surface area (Å²) >= 11 is 0. The summed E-state index contributed by atoms with van der Waals surface area (Å²) in [5, 5.41) is 0. The number of likely N-dealkylation sites (tertiary alicyclic amines) is 1. The van der Waals surface area contributed by atoms with E-state index in [9.17, 15) is 4.79 Å². The Balaban J connectivity index is 1.97. The predicted octanol–water partition coefficient (Wildman–Crippen LogP) is 0.409. The number of rotatable bonds is 4. The number of carbonyl (C=O) groups excluding carboxylic acids is 1. The molecule has 1 aliphatic heterocycles. The summed E-state index contributed by atoms with van der Waals surface area (Å²) in [5.41, 5.74) is 2.66. The summed E-state index contributed by atoms with van der Waals surface area (Å²) in [4.78, 5) is 16.2. The third-order valence-electron chi connectivity index (χ3n) is 3.83. The molecular formula is C13H22N4O2. The fourth-order valence-corrected chi connectivity index (χ4v) is 2.53. The second-order valence-electron chi connectivity index (χ2n) is 5.18. The van der Waals surface area contributed by atoms with E-state index in [1.54, 1.807) is 6.07 Å². The first-order chi connectivity index (χ1) is 9.11. The summed E-state index contributed by atoms with van der Waals surface area (Å²) in [6.07, 6.45) is 3.82. The summed E-state index contributed by atoms with van der Waals surface area (Å²) in [6.45, 7) is 2.86. The fourth-order valence-electron chi connectivity index (χ4n) is 2.53. The molecule has 6 heteroatoms. The van der Waals surface area contributed by atoms with Crippen LogP contribution in [0, 0.1) is 0 Å². The highest BCUT2D eigenvalue weighted by atomic mass is 16.3. The van der Waals surface area contributed by atoms with Crippen LogP contribution in [0.2, 0.25) is 0 Å². The van der Waals surface area contributed by atoms with Gasteiger partial charge in [-0.05, 0) is 46.1 Å². The van der Waals surface area contributed by atoms with E-state index in [4.69, 9.17) is 10.3 Å². The molecule has 1 aromatic heterocycles. The third kappa shape index (κ3) is 3.34. The van der Waals surface area contributed by atoms with Crippen LogP contribution in [0.4, 0.5) is 0 Å². The van der Waals surface area contributed by atoms with Gasteiger partial charge >= 0.3 is 0 Å². The number of carbonyl (C=O) groups is 1. The van der Waals surface area contributed by atoms with Gasteiger partial charge in [-0.15, -0.1) is 0 Å². The van der Waals surface area contributed by atoms with Crippen LogP contribution in [0.3, 0.4) is 0 Å². The van der Waals surface area contributed by atoms with Crippen molar-refractivity contribution in [2.45, 2.75) is 25.4 Å². The maximum atomic E-state index is 11.6. The van der Waals surface area contributed by atoms with Gasteiger partial charge in [0.25, 0.3) is 5.91 Å². The molecule has 0 aliphatic carbocycles. The molecule has 0 saturated carbocycles. The van der Waals surface area contributed by atoms with Crippen molar-refractivity contribution in [2.75, 3.05) is 27.2 Å². The Morgan fingerprint density at radius 2 is 2.26 bits per heavy atom. The van der Waals surface area contributed by atoms with E-state index in [0.717, 1.165) is 25.9 Å². The Hall–Kier alpha value is -1.37. The third-order valence-corrected chi connectivity index (χ3v) is 3.83. The van der Waals surface area contributed by atoms with Gasteiger partial charge in [0, 0.05) is 6.04 Å². The molecule has 1 aromatic rings. The number of nitrogens with two attached hydrogens (primary N) is 1. The lowest BCUT2D eigenvalue weighted by Crippen LogP contribution is -2.41. The Labute approximate surface area is 113 Å². The van der Waals surface area contributed by atoms with Gasteiger partial charge in [0.1, 0.15) is 5.76 Å². The Morgan fingerprint density at radius 3 is 2.89 bits per heavy atom. The zero-order chi connectivity index (χ0) is 13.8. The van der Waals surface area contributed by atoms with Gasteiger partial charge < -0.3 is 9.32 Å². The average molecular weight is 266 g/mol. The first-order valence-corrected chi connectivity index (χ1v) is 6.58. The van der Waals surface area contributed by atoms with Crippen molar-refractivity contribution >= 4 is 5.91 Å². The van der Waals surface area contributed by atoms with Gasteiger partial charge in [-0.2, -0.15) is 0 Å². The molecule has 1 aliphatic rings. The van der Waals surface area contributed by atoms with E-state index < -0.39 is 0 Å². The minimum absolute atomic E-state index is 0.305. The monoisotopic (exact) mass is 266 g/mol. The molecule has 3 N–H and O–H groups in total. The van der Waals surface area contributed by atoms with Crippen molar-refractivity contribution in [3.63, 3.8) is 0 Å². The van der Waals surface area contributed by atoms with Crippen molar-refractivity contribution in [1.82, 2.24) is 15.2 Å². The number of hydrogen-bond acceptors (Lipinski definition) is 5. The summed E-state index contributed by atoms with van der Waals surface area (Å²) < 4.78 is 5.40.